The summed E-state index contributed by atoms with van der Waals surface area (Å²) >= 11 is 0. The molecular weight excluding hydrogens is 184 g/mol. The maximum Gasteiger partial charge on any atom is 0.0684 e. The third kappa shape index (κ3) is 1.28. The molecule has 0 heterocycles. The van der Waals surface area contributed by atoms with Crippen LogP contribution in [0.5, 0.6) is 0 Å². The summed E-state index contributed by atoms with van der Waals surface area (Å²) in [6.07, 6.45) is 3.07. The van der Waals surface area contributed by atoms with Gasteiger partial charge in [0.2, 0.25) is 0 Å². The largest absolute Gasteiger partial charge is 0.392 e. The van der Waals surface area contributed by atoms with E-state index in [-0.39, 0.29) is 6.61 Å². The van der Waals surface area contributed by atoms with E-state index in [4.69, 9.17) is 0 Å². The second-order valence-electron chi connectivity index (χ2n) is 3.95. The molecule has 3 rings (SSSR count). The van der Waals surface area contributed by atoms with Crippen molar-refractivity contribution in [2.24, 2.45) is 0 Å². The van der Waals surface area contributed by atoms with E-state index in [2.05, 4.69) is 36.4 Å². The zero-order chi connectivity index (χ0) is 10.3. The van der Waals surface area contributed by atoms with Crippen LogP contribution in [0.15, 0.2) is 42.5 Å². The number of allylic oxidation sites excluding steroid dienone is 1. The molecular formula is C14H12O. The summed E-state index contributed by atoms with van der Waals surface area (Å²) in [7, 11) is 0. The van der Waals surface area contributed by atoms with Gasteiger partial charge in [0.1, 0.15) is 0 Å². The van der Waals surface area contributed by atoms with Gasteiger partial charge in [-0.1, -0.05) is 36.4 Å². The zero-order valence-corrected chi connectivity index (χ0v) is 8.40. The highest BCUT2D eigenvalue weighted by atomic mass is 16.3. The number of rotatable bonds is 1. The summed E-state index contributed by atoms with van der Waals surface area (Å²) in [6, 6.07) is 12.8. The van der Waals surface area contributed by atoms with E-state index in [1.165, 1.54) is 21.9 Å². The van der Waals surface area contributed by atoms with E-state index < -0.39 is 0 Å². The van der Waals surface area contributed by atoms with E-state index >= 15 is 0 Å². The smallest absolute Gasteiger partial charge is 0.0684 e. The fraction of sp³-hybridized carbons (Fsp3) is 0.143. The van der Waals surface area contributed by atoms with Crippen LogP contribution in [-0.4, -0.2) is 11.7 Å². The van der Waals surface area contributed by atoms with Gasteiger partial charge in [-0.15, -0.1) is 0 Å². The van der Waals surface area contributed by atoms with Gasteiger partial charge < -0.3 is 5.11 Å². The maximum atomic E-state index is 9.22. The number of aliphatic hydroxyl groups is 1. The SMILES string of the molecule is OCC1=CCc2cc3ccccc3cc21. The first-order valence-corrected chi connectivity index (χ1v) is 5.20. The van der Waals surface area contributed by atoms with Crippen LogP contribution in [0.1, 0.15) is 11.1 Å². The molecule has 15 heavy (non-hydrogen) atoms. The number of aliphatic hydroxyl groups excluding tert-OH is 1. The minimum atomic E-state index is 0.144. The highest BCUT2D eigenvalue weighted by molar-refractivity contribution is 5.89. The van der Waals surface area contributed by atoms with Crippen LogP contribution in [0.3, 0.4) is 0 Å². The number of hydrogen-bond acceptors (Lipinski definition) is 1. The Morgan fingerprint density at radius 1 is 1.07 bits per heavy atom. The molecule has 2 aromatic rings. The van der Waals surface area contributed by atoms with Crippen LogP contribution in [0.25, 0.3) is 16.3 Å². The van der Waals surface area contributed by atoms with Gasteiger partial charge in [0, 0.05) is 0 Å². The molecule has 0 bridgehead atoms. The van der Waals surface area contributed by atoms with Crippen LogP contribution in [0, 0.1) is 0 Å². The maximum absolute atomic E-state index is 9.22. The van der Waals surface area contributed by atoms with Gasteiger partial charge in [0.25, 0.3) is 0 Å². The molecule has 1 heteroatoms. The highest BCUT2D eigenvalue weighted by Gasteiger charge is 2.13. The van der Waals surface area contributed by atoms with Crippen molar-refractivity contribution in [3.8, 4) is 0 Å². The molecule has 0 amide bonds. The van der Waals surface area contributed by atoms with Gasteiger partial charge in [0.15, 0.2) is 0 Å². The lowest BCUT2D eigenvalue weighted by atomic mass is 10.0. The van der Waals surface area contributed by atoms with Gasteiger partial charge >= 0.3 is 0 Å². The Morgan fingerprint density at radius 2 is 1.80 bits per heavy atom. The van der Waals surface area contributed by atoms with Crippen molar-refractivity contribution in [3.05, 3.63) is 53.6 Å². The number of fused-ring (bicyclic) bond motifs is 2. The molecule has 1 aliphatic rings. The Labute approximate surface area is 88.7 Å². The zero-order valence-electron chi connectivity index (χ0n) is 8.40. The van der Waals surface area contributed by atoms with Crippen LogP contribution in [0.4, 0.5) is 0 Å². The van der Waals surface area contributed by atoms with Gasteiger partial charge in [-0.25, -0.2) is 0 Å². The highest BCUT2D eigenvalue weighted by Crippen LogP contribution is 2.30. The normalized spacial score (nSPS) is 14.1. The Kier molecular flexibility index (Phi) is 1.86. The molecule has 0 spiro atoms. The lowest BCUT2D eigenvalue weighted by Crippen LogP contribution is -1.89. The first kappa shape index (κ1) is 8.69. The molecule has 0 saturated carbocycles. The van der Waals surface area contributed by atoms with Crippen molar-refractivity contribution in [3.63, 3.8) is 0 Å². The van der Waals surface area contributed by atoms with E-state index in [1.807, 2.05) is 6.07 Å². The fourth-order valence-electron chi connectivity index (χ4n) is 2.25. The summed E-state index contributed by atoms with van der Waals surface area (Å²) < 4.78 is 0. The predicted molar refractivity (Wildman–Crippen MR) is 62.7 cm³/mol. The molecule has 0 aromatic heterocycles. The van der Waals surface area contributed by atoms with Crippen molar-refractivity contribution in [1.82, 2.24) is 0 Å². The average Bonchev–Trinajstić information content (AvgIpc) is 2.68. The van der Waals surface area contributed by atoms with Crippen molar-refractivity contribution in [2.45, 2.75) is 6.42 Å². The lowest BCUT2D eigenvalue weighted by Gasteiger charge is -2.05. The van der Waals surface area contributed by atoms with Crippen LogP contribution >= 0.6 is 0 Å². The third-order valence-corrected chi connectivity index (χ3v) is 3.06. The molecule has 0 atom stereocenters. The molecule has 1 nitrogen and oxygen atoms in total. The monoisotopic (exact) mass is 196 g/mol. The Bertz CT molecular complexity index is 552. The summed E-state index contributed by atoms with van der Waals surface area (Å²) in [5, 5.41) is 11.7. The van der Waals surface area contributed by atoms with Crippen molar-refractivity contribution < 1.29 is 5.11 Å². The Morgan fingerprint density at radius 3 is 2.53 bits per heavy atom. The summed E-state index contributed by atoms with van der Waals surface area (Å²) in [5.41, 5.74) is 3.62. The predicted octanol–water partition coefficient (Wildman–Crippen LogP) is 2.77. The molecule has 74 valence electrons. The summed E-state index contributed by atoms with van der Waals surface area (Å²) in [5.74, 6) is 0. The van der Waals surface area contributed by atoms with E-state index in [0.29, 0.717) is 0 Å². The molecule has 1 N–H and O–H groups in total. The molecule has 2 aromatic carbocycles. The Hall–Kier alpha value is -1.60. The van der Waals surface area contributed by atoms with Crippen LogP contribution in [-0.2, 0) is 6.42 Å². The van der Waals surface area contributed by atoms with E-state index in [0.717, 1.165) is 12.0 Å². The third-order valence-electron chi connectivity index (χ3n) is 3.06. The van der Waals surface area contributed by atoms with Crippen molar-refractivity contribution in [1.29, 1.82) is 0 Å². The van der Waals surface area contributed by atoms with Gasteiger partial charge in [-0.3, -0.25) is 0 Å². The lowest BCUT2D eigenvalue weighted by molar-refractivity contribution is 0.350. The van der Waals surface area contributed by atoms with Gasteiger partial charge in [-0.05, 0) is 40.0 Å². The Balaban J connectivity index is 2.27. The second-order valence-corrected chi connectivity index (χ2v) is 3.95. The molecule has 0 fully saturated rings. The summed E-state index contributed by atoms with van der Waals surface area (Å²) in [6.45, 7) is 0.144. The first-order valence-electron chi connectivity index (χ1n) is 5.20. The molecule has 1 aliphatic carbocycles. The molecule has 0 unspecified atom stereocenters. The quantitative estimate of drug-likeness (QED) is 0.743. The number of hydrogen-bond donors (Lipinski definition) is 1. The molecule has 0 aliphatic heterocycles. The van der Waals surface area contributed by atoms with Gasteiger partial charge in [-0.2, -0.15) is 0 Å². The minimum absolute atomic E-state index is 0.144. The van der Waals surface area contributed by atoms with Crippen molar-refractivity contribution in [2.75, 3.05) is 6.61 Å². The van der Waals surface area contributed by atoms with E-state index in [9.17, 15) is 5.11 Å². The molecule has 0 radical (unpaired) electrons. The topological polar surface area (TPSA) is 20.2 Å². The standard InChI is InChI=1S/C14H12O/c15-9-13-6-5-12-7-10-3-1-2-4-11(10)8-14(12)13/h1-4,6-8,15H,5,9H2. The van der Waals surface area contributed by atoms with Gasteiger partial charge in [0.05, 0.1) is 6.61 Å². The molecule has 0 saturated heterocycles. The summed E-state index contributed by atoms with van der Waals surface area (Å²) in [4.78, 5) is 0. The van der Waals surface area contributed by atoms with Crippen LogP contribution < -0.4 is 0 Å². The fourth-order valence-corrected chi connectivity index (χ4v) is 2.25. The van der Waals surface area contributed by atoms with E-state index in [1.54, 1.807) is 0 Å². The number of benzene rings is 2. The second kappa shape index (κ2) is 3.21. The minimum Gasteiger partial charge on any atom is -0.392 e. The average molecular weight is 196 g/mol. The van der Waals surface area contributed by atoms with Crippen molar-refractivity contribution >= 4 is 16.3 Å². The first-order chi connectivity index (χ1) is 7.38. The van der Waals surface area contributed by atoms with Crippen LogP contribution in [0.2, 0.25) is 0 Å².